The first-order valence-corrected chi connectivity index (χ1v) is 14.3. The van der Waals surface area contributed by atoms with E-state index in [1.165, 1.54) is 39.0 Å². The molecule has 0 bridgehead atoms. The number of benzene rings is 2. The van der Waals surface area contributed by atoms with E-state index >= 15 is 0 Å². The van der Waals surface area contributed by atoms with E-state index in [-0.39, 0.29) is 11.5 Å². The lowest BCUT2D eigenvalue weighted by molar-refractivity contribution is 0.00578. The minimum atomic E-state index is -0.446. The second kappa shape index (κ2) is 10.4. The number of hydrogen-bond donors (Lipinski definition) is 0. The van der Waals surface area contributed by atoms with E-state index in [1.54, 1.807) is 7.11 Å². The standard InChI is InChI=1S/C35H43BO3/c1-33(2,3)27-22-28(24-15-11-9-12-16-24)32(29(23-27)25-17-13-10-14-18-25)26-19-20-31(37-8)30(21-26)36-38-34(4,5)35(6,7)39-36/h9-13,15-17,19,21-23,31H,14,18,20H2,1-8H3. The first-order chi connectivity index (χ1) is 18.4. The lowest BCUT2D eigenvalue weighted by Crippen LogP contribution is -2.41. The van der Waals surface area contributed by atoms with Crippen molar-refractivity contribution in [3.63, 3.8) is 0 Å². The van der Waals surface area contributed by atoms with Gasteiger partial charge in [-0.2, -0.15) is 0 Å². The van der Waals surface area contributed by atoms with E-state index in [0.717, 1.165) is 24.7 Å². The molecule has 1 unspecified atom stereocenters. The highest BCUT2D eigenvalue weighted by molar-refractivity contribution is 6.55. The molecule has 1 atom stereocenters. The average molecular weight is 523 g/mol. The Balaban J connectivity index is 1.73. The smallest absolute Gasteiger partial charge is 0.399 e. The molecule has 0 radical (unpaired) electrons. The lowest BCUT2D eigenvalue weighted by atomic mass is 9.69. The second-order valence-electron chi connectivity index (χ2n) is 13.1. The van der Waals surface area contributed by atoms with Gasteiger partial charge in [0.15, 0.2) is 0 Å². The van der Waals surface area contributed by atoms with Gasteiger partial charge in [-0.05, 0) is 103 Å². The summed E-state index contributed by atoms with van der Waals surface area (Å²) >= 11 is 0. The highest BCUT2D eigenvalue weighted by Crippen LogP contribution is 2.45. The van der Waals surface area contributed by atoms with Crippen LogP contribution in [0.25, 0.3) is 22.3 Å². The maximum Gasteiger partial charge on any atom is 0.493 e. The highest BCUT2D eigenvalue weighted by Gasteiger charge is 2.53. The predicted molar refractivity (Wildman–Crippen MR) is 164 cm³/mol. The largest absolute Gasteiger partial charge is 0.493 e. The average Bonchev–Trinajstić information content (AvgIpc) is 3.14. The zero-order valence-corrected chi connectivity index (χ0v) is 24.9. The van der Waals surface area contributed by atoms with Crippen LogP contribution in [-0.4, -0.2) is 31.5 Å². The number of allylic oxidation sites excluding steroid dienone is 6. The molecule has 3 nitrogen and oxygen atoms in total. The fourth-order valence-electron chi connectivity index (χ4n) is 5.62. The molecule has 0 spiro atoms. The quantitative estimate of drug-likeness (QED) is 0.368. The van der Waals surface area contributed by atoms with Crippen molar-refractivity contribution in [1.29, 1.82) is 0 Å². The minimum Gasteiger partial charge on any atom is -0.399 e. The molecule has 1 heterocycles. The summed E-state index contributed by atoms with van der Waals surface area (Å²) in [4.78, 5) is 0. The van der Waals surface area contributed by atoms with Gasteiger partial charge in [0.1, 0.15) is 0 Å². The number of methoxy groups -OCH3 is 1. The molecule has 1 fully saturated rings. The Kier molecular flexibility index (Phi) is 7.43. The molecule has 5 rings (SSSR count). The fourth-order valence-corrected chi connectivity index (χ4v) is 5.62. The monoisotopic (exact) mass is 522 g/mol. The van der Waals surface area contributed by atoms with Crippen LogP contribution in [-0.2, 0) is 19.5 Å². The predicted octanol–water partition coefficient (Wildman–Crippen LogP) is 8.74. The molecule has 3 aliphatic rings. The maximum atomic E-state index is 6.53. The van der Waals surface area contributed by atoms with Gasteiger partial charge < -0.3 is 14.0 Å². The molecule has 0 aromatic heterocycles. The third kappa shape index (κ3) is 5.40. The molecule has 0 N–H and O–H groups in total. The Hall–Kier alpha value is -2.66. The summed E-state index contributed by atoms with van der Waals surface area (Å²) in [7, 11) is 1.33. The molecular weight excluding hydrogens is 479 g/mol. The van der Waals surface area contributed by atoms with Gasteiger partial charge in [0, 0.05) is 7.11 Å². The summed E-state index contributed by atoms with van der Waals surface area (Å²) in [6.07, 6.45) is 14.2. The van der Waals surface area contributed by atoms with E-state index in [0.29, 0.717) is 0 Å². The third-order valence-corrected chi connectivity index (χ3v) is 8.79. The summed E-state index contributed by atoms with van der Waals surface area (Å²) < 4.78 is 19.0. The zero-order valence-electron chi connectivity index (χ0n) is 24.9. The van der Waals surface area contributed by atoms with Crippen LogP contribution in [0.3, 0.4) is 0 Å². The van der Waals surface area contributed by atoms with Crippen molar-refractivity contribution in [2.75, 3.05) is 7.11 Å². The van der Waals surface area contributed by atoms with Crippen molar-refractivity contribution >= 4 is 18.3 Å². The first kappa shape index (κ1) is 27.9. The van der Waals surface area contributed by atoms with Crippen molar-refractivity contribution in [1.82, 2.24) is 0 Å². The Morgan fingerprint density at radius 3 is 2.21 bits per heavy atom. The summed E-state index contributed by atoms with van der Waals surface area (Å²) in [5.74, 6) is 0. The zero-order chi connectivity index (χ0) is 28.0. The number of ether oxygens (including phenoxy) is 1. The molecule has 2 aromatic carbocycles. The van der Waals surface area contributed by atoms with Crippen LogP contribution in [0.4, 0.5) is 0 Å². The highest BCUT2D eigenvalue weighted by atomic mass is 16.7. The van der Waals surface area contributed by atoms with Crippen molar-refractivity contribution in [3.8, 4) is 11.1 Å². The topological polar surface area (TPSA) is 27.7 Å². The van der Waals surface area contributed by atoms with Gasteiger partial charge in [-0.25, -0.2) is 0 Å². The van der Waals surface area contributed by atoms with Crippen LogP contribution in [0.5, 0.6) is 0 Å². The molecule has 2 aromatic rings. The fraction of sp³-hybridized carbons (Fsp3) is 0.429. The van der Waals surface area contributed by atoms with Crippen LogP contribution in [0, 0.1) is 0 Å². The van der Waals surface area contributed by atoms with E-state index < -0.39 is 18.3 Å². The molecule has 0 saturated carbocycles. The van der Waals surface area contributed by atoms with Crippen LogP contribution in [0.15, 0.2) is 78.3 Å². The summed E-state index contributed by atoms with van der Waals surface area (Å²) in [6, 6.07) is 15.6. The van der Waals surface area contributed by atoms with Gasteiger partial charge in [-0.1, -0.05) is 87.5 Å². The molecule has 0 amide bonds. The van der Waals surface area contributed by atoms with Gasteiger partial charge in [0.05, 0.1) is 17.3 Å². The molecule has 4 heteroatoms. The third-order valence-electron chi connectivity index (χ3n) is 8.79. The van der Waals surface area contributed by atoms with E-state index in [9.17, 15) is 0 Å². The Morgan fingerprint density at radius 1 is 0.949 bits per heavy atom. The maximum absolute atomic E-state index is 6.53. The van der Waals surface area contributed by atoms with Gasteiger partial charge in [0.25, 0.3) is 0 Å². The molecule has 2 aliphatic carbocycles. The molecule has 204 valence electrons. The Labute approximate surface area is 235 Å². The van der Waals surface area contributed by atoms with Gasteiger partial charge in [-0.15, -0.1) is 0 Å². The number of rotatable bonds is 5. The Bertz CT molecular complexity index is 1340. The van der Waals surface area contributed by atoms with Crippen molar-refractivity contribution < 1.29 is 14.0 Å². The van der Waals surface area contributed by atoms with E-state index in [4.69, 9.17) is 14.0 Å². The summed E-state index contributed by atoms with van der Waals surface area (Å²) in [6.45, 7) is 15.3. The first-order valence-electron chi connectivity index (χ1n) is 14.3. The summed E-state index contributed by atoms with van der Waals surface area (Å²) in [5.41, 5.74) is 9.27. The van der Waals surface area contributed by atoms with E-state index in [2.05, 4.69) is 121 Å². The molecular formula is C35H43BO3. The van der Waals surface area contributed by atoms with Crippen LogP contribution < -0.4 is 0 Å². The van der Waals surface area contributed by atoms with Gasteiger partial charge in [-0.3, -0.25) is 0 Å². The van der Waals surface area contributed by atoms with Crippen molar-refractivity contribution in [3.05, 3.63) is 95.0 Å². The Morgan fingerprint density at radius 2 is 1.62 bits per heavy atom. The van der Waals surface area contributed by atoms with Gasteiger partial charge in [0.2, 0.25) is 0 Å². The van der Waals surface area contributed by atoms with Gasteiger partial charge >= 0.3 is 7.12 Å². The number of hydrogen-bond acceptors (Lipinski definition) is 3. The SMILES string of the molecule is COC1CC=C(c2c(C3=CC=CCC3)cc(C(C)(C)C)cc2-c2ccccc2)C=C1B1OC(C)(C)C(C)(C)O1. The van der Waals surface area contributed by atoms with Crippen LogP contribution in [0.1, 0.15) is 84.4 Å². The van der Waals surface area contributed by atoms with Crippen molar-refractivity contribution in [2.45, 2.75) is 90.4 Å². The second-order valence-corrected chi connectivity index (χ2v) is 13.1. The molecule has 1 saturated heterocycles. The molecule has 39 heavy (non-hydrogen) atoms. The van der Waals surface area contributed by atoms with Crippen LogP contribution in [0.2, 0.25) is 0 Å². The van der Waals surface area contributed by atoms with Crippen molar-refractivity contribution in [2.24, 2.45) is 0 Å². The summed E-state index contributed by atoms with van der Waals surface area (Å²) in [5, 5.41) is 0. The lowest BCUT2D eigenvalue weighted by Gasteiger charge is -2.32. The minimum absolute atomic E-state index is 0.0215. The normalized spacial score (nSPS) is 22.4. The van der Waals surface area contributed by atoms with E-state index in [1.807, 2.05) is 0 Å². The van der Waals surface area contributed by atoms with Crippen LogP contribution >= 0.6 is 0 Å². The molecule has 1 aliphatic heterocycles.